The van der Waals surface area contributed by atoms with Gasteiger partial charge in [0.1, 0.15) is 17.5 Å². The molecule has 1 aromatic rings. The third kappa shape index (κ3) is 2.25. The van der Waals surface area contributed by atoms with Gasteiger partial charge in [-0.1, -0.05) is 12.2 Å². The molecule has 16 heavy (non-hydrogen) atoms. The molecule has 86 valence electrons. The second-order valence-corrected chi connectivity index (χ2v) is 4.08. The lowest BCUT2D eigenvalue weighted by Crippen LogP contribution is -2.16. The molecule has 0 radical (unpaired) electrons. The van der Waals surface area contributed by atoms with Gasteiger partial charge in [0.2, 0.25) is 0 Å². The summed E-state index contributed by atoms with van der Waals surface area (Å²) < 4.78 is 5.22. The van der Waals surface area contributed by atoms with Gasteiger partial charge in [-0.3, -0.25) is 4.98 Å². The molecule has 1 aromatic heterocycles. The molecule has 0 amide bonds. The van der Waals surface area contributed by atoms with Crippen LogP contribution >= 0.6 is 0 Å². The Hall–Kier alpha value is -1.35. The Balaban J connectivity index is 2.19. The van der Waals surface area contributed by atoms with Gasteiger partial charge in [-0.2, -0.15) is 0 Å². The monoisotopic (exact) mass is 219 g/mol. The van der Waals surface area contributed by atoms with Crippen LogP contribution in [-0.4, -0.2) is 17.2 Å². The molecule has 0 aliphatic heterocycles. The predicted molar refractivity (Wildman–Crippen MR) is 62.2 cm³/mol. The minimum atomic E-state index is -0.527. The lowest BCUT2D eigenvalue weighted by Gasteiger charge is -2.24. The summed E-state index contributed by atoms with van der Waals surface area (Å²) in [5.41, 5.74) is 0.658. The normalized spacial score (nSPS) is 21.8. The first-order chi connectivity index (χ1) is 7.83. The first-order valence-electron chi connectivity index (χ1n) is 5.65. The third-order valence-electron chi connectivity index (χ3n) is 3.06. The fraction of sp³-hybridized carbons (Fsp3) is 0.462. The van der Waals surface area contributed by atoms with Crippen molar-refractivity contribution < 1.29 is 9.84 Å². The summed E-state index contributed by atoms with van der Waals surface area (Å²) in [7, 11) is 1.61. The number of aliphatic hydroxyl groups excluding tert-OH is 1. The van der Waals surface area contributed by atoms with Gasteiger partial charge in [0, 0.05) is 6.20 Å². The number of nitrogens with zero attached hydrogens (tertiary/aromatic N) is 1. The highest BCUT2D eigenvalue weighted by molar-refractivity contribution is 5.29. The van der Waals surface area contributed by atoms with Gasteiger partial charge >= 0.3 is 0 Å². The summed E-state index contributed by atoms with van der Waals surface area (Å²) in [6.45, 7) is 0. The Morgan fingerprint density at radius 3 is 3.06 bits per heavy atom. The van der Waals surface area contributed by atoms with Crippen molar-refractivity contribution in [1.29, 1.82) is 0 Å². The molecule has 2 unspecified atom stereocenters. The Labute approximate surface area is 95.8 Å². The number of aromatic nitrogens is 1. The van der Waals surface area contributed by atoms with Crippen LogP contribution in [0.5, 0.6) is 5.75 Å². The van der Waals surface area contributed by atoms with E-state index in [0.29, 0.717) is 11.4 Å². The zero-order chi connectivity index (χ0) is 11.4. The Morgan fingerprint density at radius 2 is 2.38 bits per heavy atom. The van der Waals surface area contributed by atoms with E-state index in [4.69, 9.17) is 4.74 Å². The van der Waals surface area contributed by atoms with Crippen LogP contribution in [0, 0.1) is 5.92 Å². The highest BCUT2D eigenvalue weighted by atomic mass is 16.5. The maximum atomic E-state index is 10.3. The Morgan fingerprint density at radius 1 is 1.50 bits per heavy atom. The molecule has 0 saturated heterocycles. The minimum absolute atomic E-state index is 0.258. The molecule has 0 aromatic carbocycles. The van der Waals surface area contributed by atoms with E-state index in [2.05, 4.69) is 17.1 Å². The van der Waals surface area contributed by atoms with Crippen LogP contribution in [0.4, 0.5) is 0 Å². The van der Waals surface area contributed by atoms with E-state index < -0.39 is 6.10 Å². The van der Waals surface area contributed by atoms with Crippen molar-refractivity contribution in [2.75, 3.05) is 7.11 Å². The number of hydrogen-bond donors (Lipinski definition) is 1. The van der Waals surface area contributed by atoms with Crippen LogP contribution in [0.15, 0.2) is 30.5 Å². The Kier molecular flexibility index (Phi) is 3.57. The van der Waals surface area contributed by atoms with Crippen molar-refractivity contribution >= 4 is 0 Å². The smallest absolute Gasteiger partial charge is 0.143 e. The van der Waals surface area contributed by atoms with E-state index in [1.165, 1.54) is 0 Å². The summed E-state index contributed by atoms with van der Waals surface area (Å²) in [6.07, 6.45) is 8.43. The fourth-order valence-corrected chi connectivity index (χ4v) is 2.12. The molecule has 0 spiro atoms. The minimum Gasteiger partial charge on any atom is -0.495 e. The van der Waals surface area contributed by atoms with Crippen molar-refractivity contribution in [2.45, 2.75) is 25.4 Å². The highest BCUT2D eigenvalue weighted by Crippen LogP contribution is 2.34. The maximum Gasteiger partial charge on any atom is 0.143 e. The predicted octanol–water partition coefficient (Wildman–Crippen LogP) is 2.48. The maximum absolute atomic E-state index is 10.3. The van der Waals surface area contributed by atoms with E-state index in [1.54, 1.807) is 13.3 Å². The number of methoxy groups -OCH3 is 1. The number of ether oxygens (including phenoxy) is 1. The van der Waals surface area contributed by atoms with Crippen LogP contribution in [0.2, 0.25) is 0 Å². The average Bonchev–Trinajstić information content (AvgIpc) is 2.39. The lowest BCUT2D eigenvalue weighted by atomic mass is 9.87. The van der Waals surface area contributed by atoms with Crippen LogP contribution in [0.1, 0.15) is 31.1 Å². The summed E-state index contributed by atoms with van der Waals surface area (Å²) in [5, 5.41) is 10.3. The van der Waals surface area contributed by atoms with E-state index in [0.717, 1.165) is 19.3 Å². The molecule has 1 aliphatic rings. The average molecular weight is 219 g/mol. The summed E-state index contributed by atoms with van der Waals surface area (Å²) in [4.78, 5) is 4.23. The zero-order valence-corrected chi connectivity index (χ0v) is 9.47. The molecule has 3 nitrogen and oxygen atoms in total. The molecule has 1 N–H and O–H groups in total. The lowest BCUT2D eigenvalue weighted by molar-refractivity contribution is 0.0954. The molecular weight excluding hydrogens is 202 g/mol. The molecular formula is C13H17NO2. The van der Waals surface area contributed by atoms with Gasteiger partial charge in [0.25, 0.3) is 0 Å². The molecule has 3 heteroatoms. The van der Waals surface area contributed by atoms with Gasteiger partial charge in [-0.05, 0) is 37.3 Å². The van der Waals surface area contributed by atoms with Gasteiger partial charge < -0.3 is 9.84 Å². The van der Waals surface area contributed by atoms with E-state index in [1.807, 2.05) is 12.1 Å². The van der Waals surface area contributed by atoms with Gasteiger partial charge in [-0.15, -0.1) is 0 Å². The first kappa shape index (κ1) is 11.1. The van der Waals surface area contributed by atoms with E-state index in [9.17, 15) is 5.11 Å². The van der Waals surface area contributed by atoms with Crippen LogP contribution < -0.4 is 4.74 Å². The summed E-state index contributed by atoms with van der Waals surface area (Å²) >= 11 is 0. The SMILES string of the molecule is COc1cccnc1C(O)C1CC=CCC1. The van der Waals surface area contributed by atoms with Crippen LogP contribution in [0.25, 0.3) is 0 Å². The van der Waals surface area contributed by atoms with Crippen LogP contribution in [0.3, 0.4) is 0 Å². The highest BCUT2D eigenvalue weighted by Gasteiger charge is 2.24. The van der Waals surface area contributed by atoms with Gasteiger partial charge in [0.05, 0.1) is 7.11 Å². The van der Waals surface area contributed by atoms with Crippen molar-refractivity contribution in [1.82, 2.24) is 4.98 Å². The number of aliphatic hydroxyl groups is 1. The molecule has 1 aliphatic carbocycles. The van der Waals surface area contributed by atoms with Gasteiger partial charge in [0.15, 0.2) is 0 Å². The van der Waals surface area contributed by atoms with Crippen molar-refractivity contribution in [3.8, 4) is 5.75 Å². The zero-order valence-electron chi connectivity index (χ0n) is 9.47. The Bertz CT molecular complexity index is 376. The second-order valence-electron chi connectivity index (χ2n) is 4.08. The van der Waals surface area contributed by atoms with Crippen molar-refractivity contribution in [3.63, 3.8) is 0 Å². The topological polar surface area (TPSA) is 42.4 Å². The van der Waals surface area contributed by atoms with Gasteiger partial charge in [-0.25, -0.2) is 0 Å². The largest absolute Gasteiger partial charge is 0.495 e. The summed E-state index contributed by atoms with van der Waals surface area (Å²) in [6, 6.07) is 3.65. The third-order valence-corrected chi connectivity index (χ3v) is 3.06. The number of hydrogen-bond acceptors (Lipinski definition) is 3. The van der Waals surface area contributed by atoms with E-state index in [-0.39, 0.29) is 5.92 Å². The number of pyridine rings is 1. The standard InChI is InChI=1S/C13H17NO2/c1-16-11-8-5-9-14-12(11)13(15)10-6-3-2-4-7-10/h2-3,5,8-10,13,15H,4,6-7H2,1H3. The number of allylic oxidation sites excluding steroid dienone is 2. The summed E-state index contributed by atoms with van der Waals surface area (Å²) in [5.74, 6) is 0.929. The first-order valence-corrected chi connectivity index (χ1v) is 5.65. The molecule has 1 heterocycles. The van der Waals surface area contributed by atoms with Crippen molar-refractivity contribution in [3.05, 3.63) is 36.2 Å². The second kappa shape index (κ2) is 5.12. The van der Waals surface area contributed by atoms with Crippen molar-refractivity contribution in [2.24, 2.45) is 5.92 Å². The molecule has 0 fully saturated rings. The fourth-order valence-electron chi connectivity index (χ4n) is 2.12. The molecule has 0 saturated carbocycles. The molecule has 2 rings (SSSR count). The molecule has 2 atom stereocenters. The number of rotatable bonds is 3. The van der Waals surface area contributed by atoms with E-state index >= 15 is 0 Å². The quantitative estimate of drug-likeness (QED) is 0.794. The van der Waals surface area contributed by atoms with Crippen LogP contribution in [-0.2, 0) is 0 Å². The molecule has 0 bridgehead atoms.